The summed E-state index contributed by atoms with van der Waals surface area (Å²) in [5.41, 5.74) is 2.42. The van der Waals surface area contributed by atoms with Crippen molar-refractivity contribution in [2.75, 3.05) is 6.54 Å². The van der Waals surface area contributed by atoms with E-state index in [0.717, 1.165) is 30.6 Å². The van der Waals surface area contributed by atoms with Gasteiger partial charge in [0.2, 0.25) is 0 Å². The zero-order valence-corrected chi connectivity index (χ0v) is 35.8. The second kappa shape index (κ2) is 17.2. The van der Waals surface area contributed by atoms with Crippen LogP contribution in [0.4, 0.5) is 0 Å². The first-order chi connectivity index (χ1) is 24.8. The van der Waals surface area contributed by atoms with Gasteiger partial charge >= 0.3 is 300 Å². The molecule has 0 radical (unpaired) electrons. The fourth-order valence-corrected chi connectivity index (χ4v) is 25.7. The van der Waals surface area contributed by atoms with E-state index in [2.05, 4.69) is 71.0 Å². The number of amides is 2. The van der Waals surface area contributed by atoms with Crippen LogP contribution in [-0.4, -0.2) is 36.5 Å². The van der Waals surface area contributed by atoms with Crippen LogP contribution in [0.5, 0.6) is 0 Å². The molecular formula is C44H59GeNO3S2. The second-order valence-corrected chi connectivity index (χ2v) is 25.7. The Morgan fingerprint density at radius 1 is 0.725 bits per heavy atom. The molecule has 2 amide bonds. The summed E-state index contributed by atoms with van der Waals surface area (Å²) in [4.78, 5) is 34.4. The molecule has 4 nitrogen and oxygen atoms in total. The number of carbonyl (C=O) groups is 2. The molecule has 0 bridgehead atoms. The summed E-state index contributed by atoms with van der Waals surface area (Å²) in [5.74, 6) is 1.49. The summed E-state index contributed by atoms with van der Waals surface area (Å²) in [6.07, 6.45) is 18.0. The van der Waals surface area contributed by atoms with E-state index in [1.54, 1.807) is 20.1 Å². The Balaban J connectivity index is 1.40. The summed E-state index contributed by atoms with van der Waals surface area (Å²) in [5, 5.41) is 1.25. The van der Waals surface area contributed by atoms with Crippen LogP contribution in [0, 0.1) is 19.8 Å². The average Bonchev–Trinajstić information content (AvgIpc) is 3.92. The van der Waals surface area contributed by atoms with E-state index in [0.29, 0.717) is 35.1 Å². The van der Waals surface area contributed by atoms with Crippen molar-refractivity contribution in [3.05, 3.63) is 63.7 Å². The molecule has 2 atom stereocenters. The Hall–Kier alpha value is -2.42. The van der Waals surface area contributed by atoms with Gasteiger partial charge in [-0.2, -0.15) is 0 Å². The zero-order valence-electron chi connectivity index (χ0n) is 32.1. The fourth-order valence-electron chi connectivity index (χ4n) is 8.67. The molecule has 2 aliphatic heterocycles. The van der Waals surface area contributed by atoms with E-state index in [-0.39, 0.29) is 11.8 Å². The predicted molar refractivity (Wildman–Crippen MR) is 221 cm³/mol. The van der Waals surface area contributed by atoms with Crippen LogP contribution < -0.4 is 13.2 Å². The predicted octanol–water partition coefficient (Wildman–Crippen LogP) is 11.4. The SMILES string of the molecule is CCCCCCCCN1C(=O)c2c(C)oc(-c3c[c]4c(s3)-c3sc(C)c[c]3[Ge]4([CH2]C(CC)CCCC)[c]3ccc(CCCCCC)cc3)c2C1=O. The summed E-state index contributed by atoms with van der Waals surface area (Å²) >= 11 is 0.564. The van der Waals surface area contributed by atoms with E-state index in [4.69, 9.17) is 4.42 Å². The van der Waals surface area contributed by atoms with Crippen molar-refractivity contribution in [2.24, 2.45) is 5.92 Å². The van der Waals surface area contributed by atoms with Crippen LogP contribution >= 0.6 is 22.7 Å². The van der Waals surface area contributed by atoms with Crippen LogP contribution in [0.25, 0.3) is 20.4 Å². The summed E-state index contributed by atoms with van der Waals surface area (Å²) in [6.45, 7) is 13.8. The average molecular weight is 787 g/mol. The molecule has 0 spiro atoms. The van der Waals surface area contributed by atoms with Gasteiger partial charge in [0.05, 0.1) is 0 Å². The Kier molecular flexibility index (Phi) is 12.9. The van der Waals surface area contributed by atoms with Crippen LogP contribution in [0.3, 0.4) is 0 Å². The third-order valence-electron chi connectivity index (χ3n) is 11.6. The number of fused-ring (bicyclic) bond motifs is 4. The first-order valence-corrected chi connectivity index (χ1v) is 26.4. The fraction of sp³-hybridized carbons (Fsp3) is 0.545. The van der Waals surface area contributed by atoms with Crippen molar-refractivity contribution in [1.82, 2.24) is 4.90 Å². The van der Waals surface area contributed by atoms with Gasteiger partial charge in [0.15, 0.2) is 0 Å². The number of thiophene rings is 2. The van der Waals surface area contributed by atoms with Crippen LogP contribution in [-0.2, 0) is 6.42 Å². The summed E-state index contributed by atoms with van der Waals surface area (Å²) in [7, 11) is 0. The molecular weight excluding hydrogens is 727 g/mol. The number of nitrogens with zero attached hydrogens (tertiary/aromatic N) is 1. The Labute approximate surface area is 317 Å². The molecule has 0 saturated heterocycles. The third-order valence-corrected chi connectivity index (χ3v) is 25.5. The number of unbranched alkanes of at least 4 members (excludes halogenated alkanes) is 9. The molecule has 0 saturated carbocycles. The van der Waals surface area contributed by atoms with Gasteiger partial charge < -0.3 is 0 Å². The Bertz CT molecular complexity index is 1810. The number of imide groups is 1. The van der Waals surface area contributed by atoms with Gasteiger partial charge in [0.25, 0.3) is 0 Å². The van der Waals surface area contributed by atoms with Crippen molar-refractivity contribution in [3.63, 3.8) is 0 Å². The molecule has 5 heterocycles. The van der Waals surface area contributed by atoms with Crippen molar-refractivity contribution in [1.29, 1.82) is 0 Å². The van der Waals surface area contributed by atoms with Crippen molar-refractivity contribution < 1.29 is 14.0 Å². The van der Waals surface area contributed by atoms with Gasteiger partial charge in [-0.05, 0) is 0 Å². The Morgan fingerprint density at radius 2 is 1.35 bits per heavy atom. The van der Waals surface area contributed by atoms with Crippen LogP contribution in [0.2, 0.25) is 5.25 Å². The second-order valence-electron chi connectivity index (χ2n) is 15.3. The maximum atomic E-state index is 14.0. The van der Waals surface area contributed by atoms with Gasteiger partial charge in [-0.25, -0.2) is 0 Å². The number of hydrogen-bond acceptors (Lipinski definition) is 5. The molecule has 2 aliphatic rings. The van der Waals surface area contributed by atoms with Gasteiger partial charge in [0, 0.05) is 0 Å². The van der Waals surface area contributed by atoms with Crippen molar-refractivity contribution >= 4 is 60.9 Å². The number of hydrogen-bond donors (Lipinski definition) is 0. The molecule has 3 aromatic heterocycles. The molecule has 4 aromatic rings. The molecule has 1 aromatic carbocycles. The van der Waals surface area contributed by atoms with Crippen molar-refractivity contribution in [2.45, 2.75) is 143 Å². The molecule has 2 unspecified atom stereocenters. The van der Waals surface area contributed by atoms with E-state index in [1.165, 1.54) is 105 Å². The standard InChI is InChI=1S/C44H59GeNO3S2/c1-7-11-14-16-17-19-26-46-43(47)38-31(6)49-40(39(38)44(46)48)37-28-36-42(51-37)41-35(27-30(5)50-41)45(36,29-32(10-4)20-13-9-3)34-24-22-33(23-25-34)21-18-15-12-8-2/h22-25,27-28,32H,7-21,26,29H2,1-6H3. The van der Waals surface area contributed by atoms with Crippen LogP contribution in [0.15, 0.2) is 40.8 Å². The molecule has 0 aliphatic carbocycles. The molecule has 0 N–H and O–H groups in total. The number of furan rings is 1. The Morgan fingerprint density at radius 3 is 2.06 bits per heavy atom. The van der Waals surface area contributed by atoms with E-state index >= 15 is 0 Å². The monoisotopic (exact) mass is 787 g/mol. The number of carbonyl (C=O) groups excluding carboxylic acids is 2. The summed E-state index contributed by atoms with van der Waals surface area (Å²) < 4.78 is 11.2. The first-order valence-electron chi connectivity index (χ1n) is 20.1. The minimum atomic E-state index is -3.17. The normalized spacial score (nSPS) is 17.0. The summed E-state index contributed by atoms with van der Waals surface area (Å²) in [6, 6.07) is 14.8. The van der Waals surface area contributed by atoms with Gasteiger partial charge in [-0.1, -0.05) is 19.8 Å². The molecule has 0 fully saturated rings. The molecule has 6 rings (SSSR count). The molecule has 7 heteroatoms. The topological polar surface area (TPSA) is 50.5 Å². The minimum absolute atomic E-state index is 0.176. The van der Waals surface area contributed by atoms with E-state index in [9.17, 15) is 9.59 Å². The third kappa shape index (κ3) is 7.53. The number of aryl methyl sites for hydroxylation is 3. The quantitative estimate of drug-likeness (QED) is 0.0509. The number of benzene rings is 1. The van der Waals surface area contributed by atoms with Gasteiger partial charge in [-0.15, -0.1) is 0 Å². The zero-order chi connectivity index (χ0) is 36.1. The molecule has 51 heavy (non-hydrogen) atoms. The van der Waals surface area contributed by atoms with Crippen LogP contribution in [0.1, 0.15) is 155 Å². The molecule has 274 valence electrons. The van der Waals surface area contributed by atoms with Gasteiger partial charge in [0.1, 0.15) is 0 Å². The van der Waals surface area contributed by atoms with Gasteiger partial charge in [-0.3, -0.25) is 0 Å². The number of rotatable bonds is 20. The van der Waals surface area contributed by atoms with Crippen molar-refractivity contribution in [3.8, 4) is 20.4 Å². The van der Waals surface area contributed by atoms with E-state index in [1.807, 2.05) is 18.3 Å². The first kappa shape index (κ1) is 38.3. The van der Waals surface area contributed by atoms with E-state index < -0.39 is 13.3 Å². The maximum absolute atomic E-state index is 14.0.